The SMILES string of the molecule is CNC(C1=CCCCC1)c1cc(C)ccc1F. The van der Waals surface area contributed by atoms with Crippen LogP contribution in [-0.2, 0) is 0 Å². The molecule has 1 aromatic rings. The fourth-order valence-electron chi connectivity index (χ4n) is 2.55. The molecule has 0 aromatic heterocycles. The first kappa shape index (κ1) is 12.3. The molecule has 2 heteroatoms. The van der Waals surface area contributed by atoms with Crippen molar-refractivity contribution >= 4 is 0 Å². The molecule has 2 rings (SSSR count). The summed E-state index contributed by atoms with van der Waals surface area (Å²) in [7, 11) is 1.90. The van der Waals surface area contributed by atoms with Crippen LogP contribution in [0.2, 0.25) is 0 Å². The average molecular weight is 233 g/mol. The zero-order valence-corrected chi connectivity index (χ0v) is 10.6. The number of halogens is 1. The predicted octanol–water partition coefficient (Wildman–Crippen LogP) is 3.90. The summed E-state index contributed by atoms with van der Waals surface area (Å²) in [5, 5.41) is 3.25. The van der Waals surface area contributed by atoms with E-state index >= 15 is 0 Å². The highest BCUT2D eigenvalue weighted by Crippen LogP contribution is 2.31. The minimum atomic E-state index is -0.110. The molecule has 1 nitrogen and oxygen atoms in total. The van der Waals surface area contributed by atoms with Crippen molar-refractivity contribution in [3.8, 4) is 0 Å². The Bertz CT molecular complexity index is 423. The smallest absolute Gasteiger partial charge is 0.128 e. The summed E-state index contributed by atoms with van der Waals surface area (Å²) in [6.45, 7) is 2.00. The number of rotatable bonds is 3. The van der Waals surface area contributed by atoms with Gasteiger partial charge in [0.25, 0.3) is 0 Å². The standard InChI is InChI=1S/C15H20FN/c1-11-8-9-14(16)13(10-11)15(17-2)12-6-4-3-5-7-12/h6,8-10,15,17H,3-5,7H2,1-2H3. The van der Waals surface area contributed by atoms with Gasteiger partial charge in [-0.25, -0.2) is 4.39 Å². The Kier molecular flexibility index (Phi) is 3.95. The van der Waals surface area contributed by atoms with Crippen LogP contribution in [0.15, 0.2) is 29.8 Å². The van der Waals surface area contributed by atoms with Gasteiger partial charge < -0.3 is 5.32 Å². The summed E-state index contributed by atoms with van der Waals surface area (Å²) >= 11 is 0. The molecule has 1 N–H and O–H groups in total. The quantitative estimate of drug-likeness (QED) is 0.781. The van der Waals surface area contributed by atoms with Crippen LogP contribution in [0, 0.1) is 12.7 Å². The molecule has 0 fully saturated rings. The largest absolute Gasteiger partial charge is 0.310 e. The number of benzene rings is 1. The monoisotopic (exact) mass is 233 g/mol. The zero-order chi connectivity index (χ0) is 12.3. The molecule has 0 aliphatic heterocycles. The van der Waals surface area contributed by atoms with Crippen LogP contribution in [0.4, 0.5) is 4.39 Å². The summed E-state index contributed by atoms with van der Waals surface area (Å²) < 4.78 is 13.9. The minimum Gasteiger partial charge on any atom is -0.310 e. The van der Waals surface area contributed by atoms with Crippen molar-refractivity contribution in [2.45, 2.75) is 38.6 Å². The molecule has 1 aliphatic carbocycles. The van der Waals surface area contributed by atoms with Crippen LogP contribution < -0.4 is 5.32 Å². The molecule has 17 heavy (non-hydrogen) atoms. The lowest BCUT2D eigenvalue weighted by molar-refractivity contribution is 0.546. The number of nitrogens with one attached hydrogen (secondary N) is 1. The van der Waals surface area contributed by atoms with Gasteiger partial charge in [-0.05, 0) is 45.7 Å². The maximum absolute atomic E-state index is 13.9. The summed E-state index contributed by atoms with van der Waals surface area (Å²) in [6.07, 6.45) is 6.96. The first-order valence-electron chi connectivity index (χ1n) is 6.34. The summed E-state index contributed by atoms with van der Waals surface area (Å²) in [4.78, 5) is 0. The average Bonchev–Trinajstić information content (AvgIpc) is 2.36. The lowest BCUT2D eigenvalue weighted by Crippen LogP contribution is -2.21. The molecule has 1 aliphatic rings. The van der Waals surface area contributed by atoms with Crippen LogP contribution in [-0.4, -0.2) is 7.05 Å². The highest BCUT2D eigenvalue weighted by molar-refractivity contribution is 5.33. The number of likely N-dealkylation sites (N-methyl/N-ethyl adjacent to an activating group) is 1. The molecule has 0 bridgehead atoms. The van der Waals surface area contributed by atoms with Gasteiger partial charge in [0, 0.05) is 5.56 Å². The number of allylic oxidation sites excluding steroid dienone is 1. The van der Waals surface area contributed by atoms with Crippen LogP contribution in [0.3, 0.4) is 0 Å². The van der Waals surface area contributed by atoms with E-state index in [1.54, 1.807) is 6.07 Å². The van der Waals surface area contributed by atoms with Gasteiger partial charge in [0.1, 0.15) is 5.82 Å². The van der Waals surface area contributed by atoms with E-state index in [1.807, 2.05) is 26.1 Å². The zero-order valence-electron chi connectivity index (χ0n) is 10.6. The Morgan fingerprint density at radius 1 is 1.29 bits per heavy atom. The van der Waals surface area contributed by atoms with E-state index in [1.165, 1.54) is 18.4 Å². The van der Waals surface area contributed by atoms with E-state index in [-0.39, 0.29) is 11.9 Å². The second-order valence-electron chi connectivity index (χ2n) is 4.77. The molecule has 1 atom stereocenters. The highest BCUT2D eigenvalue weighted by Gasteiger charge is 2.19. The van der Waals surface area contributed by atoms with E-state index < -0.39 is 0 Å². The molecule has 1 unspecified atom stereocenters. The summed E-state index contributed by atoms with van der Waals surface area (Å²) in [5.41, 5.74) is 3.22. The molecule has 0 heterocycles. The highest BCUT2D eigenvalue weighted by atomic mass is 19.1. The first-order valence-corrected chi connectivity index (χ1v) is 6.34. The van der Waals surface area contributed by atoms with E-state index in [0.717, 1.165) is 24.0 Å². The van der Waals surface area contributed by atoms with Crippen molar-refractivity contribution in [3.63, 3.8) is 0 Å². The molecular formula is C15H20FN. The Morgan fingerprint density at radius 2 is 2.12 bits per heavy atom. The van der Waals surface area contributed by atoms with E-state index in [4.69, 9.17) is 0 Å². The van der Waals surface area contributed by atoms with E-state index in [0.29, 0.717) is 0 Å². The molecular weight excluding hydrogens is 213 g/mol. The maximum atomic E-state index is 13.9. The molecule has 0 saturated carbocycles. The third-order valence-corrected chi connectivity index (χ3v) is 3.45. The molecule has 0 amide bonds. The second-order valence-corrected chi connectivity index (χ2v) is 4.77. The topological polar surface area (TPSA) is 12.0 Å². The Labute approximate surface area is 103 Å². The van der Waals surface area contributed by atoms with Crippen LogP contribution in [0.25, 0.3) is 0 Å². The lowest BCUT2D eigenvalue weighted by atomic mass is 9.89. The van der Waals surface area contributed by atoms with E-state index in [2.05, 4.69) is 11.4 Å². The fraction of sp³-hybridized carbons (Fsp3) is 0.467. The number of hydrogen-bond donors (Lipinski definition) is 1. The van der Waals surface area contributed by atoms with Crippen molar-refractivity contribution < 1.29 is 4.39 Å². The Morgan fingerprint density at radius 3 is 2.76 bits per heavy atom. The molecule has 92 valence electrons. The van der Waals surface area contributed by atoms with Gasteiger partial charge in [0.15, 0.2) is 0 Å². The van der Waals surface area contributed by atoms with Crippen molar-refractivity contribution in [3.05, 3.63) is 46.8 Å². The summed E-state index contributed by atoms with van der Waals surface area (Å²) in [6, 6.07) is 5.38. The van der Waals surface area contributed by atoms with Gasteiger partial charge in [0.05, 0.1) is 6.04 Å². The van der Waals surface area contributed by atoms with Crippen molar-refractivity contribution in [2.24, 2.45) is 0 Å². The van der Waals surface area contributed by atoms with Crippen LogP contribution in [0.5, 0.6) is 0 Å². The second kappa shape index (κ2) is 5.46. The van der Waals surface area contributed by atoms with Gasteiger partial charge in [-0.15, -0.1) is 0 Å². The van der Waals surface area contributed by atoms with Crippen LogP contribution >= 0.6 is 0 Å². The normalized spacial score (nSPS) is 17.7. The fourth-order valence-corrected chi connectivity index (χ4v) is 2.55. The third-order valence-electron chi connectivity index (χ3n) is 3.45. The van der Waals surface area contributed by atoms with Crippen LogP contribution in [0.1, 0.15) is 42.9 Å². The lowest BCUT2D eigenvalue weighted by Gasteiger charge is -2.24. The molecule has 0 radical (unpaired) electrons. The summed E-state index contributed by atoms with van der Waals surface area (Å²) in [5.74, 6) is -0.110. The molecule has 0 spiro atoms. The van der Waals surface area contributed by atoms with Crippen molar-refractivity contribution in [2.75, 3.05) is 7.05 Å². The molecule has 0 saturated heterocycles. The Hall–Kier alpha value is -1.15. The minimum absolute atomic E-state index is 0.0372. The van der Waals surface area contributed by atoms with Gasteiger partial charge in [0.2, 0.25) is 0 Å². The number of aryl methyl sites for hydroxylation is 1. The van der Waals surface area contributed by atoms with E-state index in [9.17, 15) is 4.39 Å². The van der Waals surface area contributed by atoms with Gasteiger partial charge in [-0.2, -0.15) is 0 Å². The Balaban J connectivity index is 2.34. The van der Waals surface area contributed by atoms with Gasteiger partial charge in [-0.1, -0.05) is 29.3 Å². The number of hydrogen-bond acceptors (Lipinski definition) is 1. The van der Waals surface area contributed by atoms with Crippen molar-refractivity contribution in [1.29, 1.82) is 0 Å². The maximum Gasteiger partial charge on any atom is 0.128 e. The third kappa shape index (κ3) is 2.75. The molecule has 1 aromatic carbocycles. The van der Waals surface area contributed by atoms with Gasteiger partial charge >= 0.3 is 0 Å². The predicted molar refractivity (Wildman–Crippen MR) is 69.5 cm³/mol. The van der Waals surface area contributed by atoms with Gasteiger partial charge in [-0.3, -0.25) is 0 Å². The first-order chi connectivity index (χ1) is 8.22. The van der Waals surface area contributed by atoms with Crippen molar-refractivity contribution in [1.82, 2.24) is 5.32 Å².